The van der Waals surface area contributed by atoms with E-state index in [0.29, 0.717) is 0 Å². The van der Waals surface area contributed by atoms with Gasteiger partial charge in [0.05, 0.1) is 5.69 Å². The lowest BCUT2D eigenvalue weighted by Gasteiger charge is -2.07. The lowest BCUT2D eigenvalue weighted by Crippen LogP contribution is -2.13. The largest absolute Gasteiger partial charge is 0.309 e. The van der Waals surface area contributed by atoms with Gasteiger partial charge < -0.3 is 4.90 Å². The van der Waals surface area contributed by atoms with Crippen LogP contribution in [-0.4, -0.2) is 35.3 Å². The maximum absolute atomic E-state index is 4.50. The van der Waals surface area contributed by atoms with Crippen molar-refractivity contribution in [1.82, 2.24) is 14.7 Å². The summed E-state index contributed by atoms with van der Waals surface area (Å²) in [6, 6.07) is 0. The molecule has 0 radical (unpaired) electrons. The van der Waals surface area contributed by atoms with Crippen LogP contribution in [0.5, 0.6) is 0 Å². The number of hydrogen-bond acceptors (Lipinski definition) is 2. The van der Waals surface area contributed by atoms with Crippen molar-refractivity contribution in [2.45, 2.75) is 26.7 Å². The highest BCUT2D eigenvalue weighted by atomic mass is 15.3. The zero-order chi connectivity index (χ0) is 10.7. The smallest absolute Gasteiger partial charge is 0.0656 e. The third kappa shape index (κ3) is 2.58. The standard InChI is InChI=1S/C11H21N3/c1-9-10(2)14(5)12-11(9)7-6-8-13(3)4/h6-8H2,1-5H3. The molecule has 1 rings (SSSR count). The number of aromatic nitrogens is 2. The van der Waals surface area contributed by atoms with Crippen LogP contribution in [0.25, 0.3) is 0 Å². The molecular weight excluding hydrogens is 174 g/mol. The molecule has 0 aromatic carbocycles. The van der Waals surface area contributed by atoms with E-state index >= 15 is 0 Å². The van der Waals surface area contributed by atoms with E-state index in [1.807, 2.05) is 11.7 Å². The minimum Gasteiger partial charge on any atom is -0.309 e. The van der Waals surface area contributed by atoms with Crippen molar-refractivity contribution in [3.63, 3.8) is 0 Å². The fraction of sp³-hybridized carbons (Fsp3) is 0.727. The second kappa shape index (κ2) is 4.60. The van der Waals surface area contributed by atoms with E-state index < -0.39 is 0 Å². The molecule has 0 amide bonds. The molecule has 0 aliphatic carbocycles. The van der Waals surface area contributed by atoms with E-state index in [0.717, 1.165) is 13.0 Å². The van der Waals surface area contributed by atoms with Crippen LogP contribution in [-0.2, 0) is 13.5 Å². The molecule has 3 nitrogen and oxygen atoms in total. The second-order valence-electron chi connectivity index (χ2n) is 4.19. The van der Waals surface area contributed by atoms with Gasteiger partial charge in [-0.25, -0.2) is 0 Å². The van der Waals surface area contributed by atoms with Gasteiger partial charge in [-0.3, -0.25) is 4.68 Å². The first-order valence-electron chi connectivity index (χ1n) is 5.16. The fourth-order valence-corrected chi connectivity index (χ4v) is 1.58. The molecule has 0 fully saturated rings. The summed E-state index contributed by atoms with van der Waals surface area (Å²) in [5.41, 5.74) is 3.89. The van der Waals surface area contributed by atoms with Crippen LogP contribution in [0.4, 0.5) is 0 Å². The van der Waals surface area contributed by atoms with E-state index in [4.69, 9.17) is 0 Å². The predicted octanol–water partition coefficient (Wildman–Crippen LogP) is 1.53. The maximum atomic E-state index is 4.50. The van der Waals surface area contributed by atoms with Gasteiger partial charge in [-0.15, -0.1) is 0 Å². The third-order valence-corrected chi connectivity index (χ3v) is 2.75. The van der Waals surface area contributed by atoms with Crippen LogP contribution in [0.1, 0.15) is 23.4 Å². The molecule has 0 aliphatic heterocycles. The number of hydrogen-bond donors (Lipinski definition) is 0. The average Bonchev–Trinajstić information content (AvgIpc) is 2.33. The molecule has 1 aromatic heterocycles. The maximum Gasteiger partial charge on any atom is 0.0656 e. The Morgan fingerprint density at radius 3 is 2.36 bits per heavy atom. The highest BCUT2D eigenvalue weighted by molar-refractivity contribution is 5.23. The Bertz CT molecular complexity index is 300. The first kappa shape index (κ1) is 11.2. The Kier molecular flexibility index (Phi) is 3.69. The highest BCUT2D eigenvalue weighted by Crippen LogP contribution is 2.12. The van der Waals surface area contributed by atoms with Crippen LogP contribution in [0.3, 0.4) is 0 Å². The second-order valence-corrected chi connectivity index (χ2v) is 4.19. The quantitative estimate of drug-likeness (QED) is 0.726. The third-order valence-electron chi connectivity index (χ3n) is 2.75. The summed E-state index contributed by atoms with van der Waals surface area (Å²) in [6.07, 6.45) is 2.27. The van der Waals surface area contributed by atoms with Gasteiger partial charge in [0.1, 0.15) is 0 Å². The Hall–Kier alpha value is -0.830. The van der Waals surface area contributed by atoms with Crippen molar-refractivity contribution in [3.05, 3.63) is 17.0 Å². The van der Waals surface area contributed by atoms with E-state index in [9.17, 15) is 0 Å². The molecule has 0 spiro atoms. The summed E-state index contributed by atoms with van der Waals surface area (Å²) in [7, 11) is 6.23. The molecule has 1 aromatic rings. The summed E-state index contributed by atoms with van der Waals surface area (Å²) < 4.78 is 1.97. The van der Waals surface area contributed by atoms with Crippen LogP contribution in [0.2, 0.25) is 0 Å². The van der Waals surface area contributed by atoms with Gasteiger partial charge in [0.15, 0.2) is 0 Å². The molecule has 3 heteroatoms. The minimum absolute atomic E-state index is 1.09. The van der Waals surface area contributed by atoms with Crippen LogP contribution in [0.15, 0.2) is 0 Å². The van der Waals surface area contributed by atoms with Crippen LogP contribution < -0.4 is 0 Å². The normalized spacial score (nSPS) is 11.3. The van der Waals surface area contributed by atoms with E-state index in [1.54, 1.807) is 0 Å². The van der Waals surface area contributed by atoms with Gasteiger partial charge in [-0.1, -0.05) is 0 Å². The Morgan fingerprint density at radius 2 is 1.93 bits per heavy atom. The molecule has 1 heterocycles. The molecule has 0 unspecified atom stereocenters. The zero-order valence-corrected chi connectivity index (χ0v) is 9.96. The summed E-state index contributed by atoms with van der Waals surface area (Å²) in [6.45, 7) is 5.42. The number of rotatable bonds is 4. The van der Waals surface area contributed by atoms with Gasteiger partial charge in [0.2, 0.25) is 0 Å². The zero-order valence-electron chi connectivity index (χ0n) is 9.96. The molecule has 0 saturated carbocycles. The molecule has 0 N–H and O–H groups in total. The minimum atomic E-state index is 1.09. The van der Waals surface area contributed by atoms with Crippen molar-refractivity contribution in [2.75, 3.05) is 20.6 Å². The average molecular weight is 195 g/mol. The van der Waals surface area contributed by atoms with E-state index in [2.05, 4.69) is 37.9 Å². The van der Waals surface area contributed by atoms with Crippen molar-refractivity contribution in [3.8, 4) is 0 Å². The van der Waals surface area contributed by atoms with Crippen molar-refractivity contribution in [1.29, 1.82) is 0 Å². The van der Waals surface area contributed by atoms with Gasteiger partial charge in [-0.2, -0.15) is 5.10 Å². The fourth-order valence-electron chi connectivity index (χ4n) is 1.58. The van der Waals surface area contributed by atoms with Gasteiger partial charge in [0.25, 0.3) is 0 Å². The Morgan fingerprint density at radius 1 is 1.29 bits per heavy atom. The molecule has 0 saturated heterocycles. The van der Waals surface area contributed by atoms with Crippen LogP contribution >= 0.6 is 0 Å². The molecule has 0 atom stereocenters. The van der Waals surface area contributed by atoms with E-state index in [1.165, 1.54) is 23.4 Å². The van der Waals surface area contributed by atoms with E-state index in [-0.39, 0.29) is 0 Å². The van der Waals surface area contributed by atoms with Crippen LogP contribution in [0, 0.1) is 13.8 Å². The SMILES string of the molecule is Cc1c(CCCN(C)C)nn(C)c1C. The lowest BCUT2D eigenvalue weighted by atomic mass is 10.1. The number of aryl methyl sites for hydroxylation is 2. The summed E-state index contributed by atoms with van der Waals surface area (Å²) in [5, 5.41) is 4.50. The van der Waals surface area contributed by atoms with Crippen molar-refractivity contribution < 1.29 is 0 Å². The van der Waals surface area contributed by atoms with Crippen molar-refractivity contribution in [2.24, 2.45) is 7.05 Å². The lowest BCUT2D eigenvalue weighted by molar-refractivity contribution is 0.399. The summed E-state index contributed by atoms with van der Waals surface area (Å²) >= 11 is 0. The first-order chi connectivity index (χ1) is 6.52. The molecule has 14 heavy (non-hydrogen) atoms. The predicted molar refractivity (Wildman–Crippen MR) is 59.6 cm³/mol. The molecule has 0 bridgehead atoms. The van der Waals surface area contributed by atoms with Gasteiger partial charge in [-0.05, 0) is 52.9 Å². The highest BCUT2D eigenvalue weighted by Gasteiger charge is 2.07. The summed E-state index contributed by atoms with van der Waals surface area (Å²) in [4.78, 5) is 2.21. The summed E-state index contributed by atoms with van der Waals surface area (Å²) in [5.74, 6) is 0. The topological polar surface area (TPSA) is 21.1 Å². The van der Waals surface area contributed by atoms with Gasteiger partial charge >= 0.3 is 0 Å². The van der Waals surface area contributed by atoms with Crippen molar-refractivity contribution >= 4 is 0 Å². The van der Waals surface area contributed by atoms with Gasteiger partial charge in [0, 0.05) is 12.7 Å². The molecule has 0 aliphatic rings. The number of nitrogens with zero attached hydrogens (tertiary/aromatic N) is 3. The monoisotopic (exact) mass is 195 g/mol. The Labute approximate surface area is 86.7 Å². The Balaban J connectivity index is 2.55. The first-order valence-corrected chi connectivity index (χ1v) is 5.16. The molecular formula is C11H21N3. The molecule has 80 valence electrons.